The van der Waals surface area contributed by atoms with Crippen molar-refractivity contribution in [3.63, 3.8) is 0 Å². The van der Waals surface area contributed by atoms with Crippen molar-refractivity contribution in [1.82, 2.24) is 10.2 Å². The Morgan fingerprint density at radius 1 is 1.03 bits per heavy atom. The highest BCUT2D eigenvalue weighted by Crippen LogP contribution is 2.20. The summed E-state index contributed by atoms with van der Waals surface area (Å²) in [5.41, 5.74) is 2.15. The maximum atomic E-state index is 13.5. The molecule has 8 nitrogen and oxygen atoms in total. The van der Waals surface area contributed by atoms with Crippen LogP contribution in [-0.4, -0.2) is 57.1 Å². The van der Waals surface area contributed by atoms with Gasteiger partial charge in [0.1, 0.15) is 18.3 Å². The second-order valence-corrected chi connectivity index (χ2v) is 10.4. The molecule has 2 rings (SSSR count). The van der Waals surface area contributed by atoms with Gasteiger partial charge < -0.3 is 15.0 Å². The molecular formula is C25H35N3O5S. The first-order valence-corrected chi connectivity index (χ1v) is 13.1. The molecule has 0 aliphatic rings. The highest BCUT2D eigenvalue weighted by atomic mass is 32.2. The Hall–Kier alpha value is -3.07. The SMILES string of the molecule is CC[C@@H](C)NC(=O)[C@@H](C)N(Cc1ccc(OC)cc1)C(=O)CN(c1ccc(C)cc1)S(C)(=O)=O. The molecule has 0 spiro atoms. The minimum Gasteiger partial charge on any atom is -0.497 e. The summed E-state index contributed by atoms with van der Waals surface area (Å²) in [4.78, 5) is 27.8. The summed E-state index contributed by atoms with van der Waals surface area (Å²) < 4.78 is 31.4. The van der Waals surface area contributed by atoms with Gasteiger partial charge in [-0.1, -0.05) is 36.8 Å². The summed E-state index contributed by atoms with van der Waals surface area (Å²) in [6, 6.07) is 13.2. The second-order valence-electron chi connectivity index (χ2n) is 8.47. The zero-order valence-corrected chi connectivity index (χ0v) is 21.6. The van der Waals surface area contributed by atoms with Crippen LogP contribution in [0.4, 0.5) is 5.69 Å². The average Bonchev–Trinajstić information content (AvgIpc) is 2.80. The molecule has 0 radical (unpaired) electrons. The van der Waals surface area contributed by atoms with E-state index < -0.39 is 28.5 Å². The maximum absolute atomic E-state index is 13.5. The van der Waals surface area contributed by atoms with Crippen LogP contribution < -0.4 is 14.4 Å². The fourth-order valence-electron chi connectivity index (χ4n) is 3.30. The van der Waals surface area contributed by atoms with E-state index in [-0.39, 0.29) is 18.5 Å². The number of ether oxygens (including phenoxy) is 1. The van der Waals surface area contributed by atoms with E-state index in [1.807, 2.05) is 32.9 Å². The van der Waals surface area contributed by atoms with Gasteiger partial charge in [0.25, 0.3) is 0 Å². The monoisotopic (exact) mass is 489 g/mol. The number of carbonyl (C=O) groups excluding carboxylic acids is 2. The fraction of sp³-hybridized carbons (Fsp3) is 0.440. The lowest BCUT2D eigenvalue weighted by molar-refractivity contribution is -0.139. The Labute approximate surface area is 202 Å². The summed E-state index contributed by atoms with van der Waals surface area (Å²) in [6.07, 6.45) is 1.81. The maximum Gasteiger partial charge on any atom is 0.244 e. The second kappa shape index (κ2) is 11.9. The van der Waals surface area contributed by atoms with E-state index >= 15 is 0 Å². The molecule has 9 heteroatoms. The molecular weight excluding hydrogens is 454 g/mol. The Kier molecular flexibility index (Phi) is 9.49. The lowest BCUT2D eigenvalue weighted by Crippen LogP contribution is -2.52. The molecule has 0 bridgehead atoms. The number of anilines is 1. The highest BCUT2D eigenvalue weighted by molar-refractivity contribution is 7.92. The van der Waals surface area contributed by atoms with Crippen LogP contribution in [0.5, 0.6) is 5.75 Å². The third-order valence-electron chi connectivity index (χ3n) is 5.68. The smallest absolute Gasteiger partial charge is 0.244 e. The Balaban J connectivity index is 2.36. The van der Waals surface area contributed by atoms with E-state index in [1.165, 1.54) is 4.90 Å². The first kappa shape index (κ1) is 27.2. The number of nitrogens with zero attached hydrogens (tertiary/aromatic N) is 2. The predicted octanol–water partition coefficient (Wildman–Crippen LogP) is 3.10. The van der Waals surface area contributed by atoms with Crippen molar-refractivity contribution in [3.05, 3.63) is 59.7 Å². The summed E-state index contributed by atoms with van der Waals surface area (Å²) in [7, 11) is -2.17. The zero-order chi connectivity index (χ0) is 25.5. The number of hydrogen-bond acceptors (Lipinski definition) is 5. The van der Waals surface area contributed by atoms with Gasteiger partial charge in [-0.3, -0.25) is 13.9 Å². The topological polar surface area (TPSA) is 96.0 Å². The Morgan fingerprint density at radius 2 is 1.62 bits per heavy atom. The molecule has 0 saturated heterocycles. The van der Waals surface area contributed by atoms with Gasteiger partial charge in [0.15, 0.2) is 0 Å². The lowest BCUT2D eigenvalue weighted by Gasteiger charge is -2.32. The molecule has 0 unspecified atom stereocenters. The summed E-state index contributed by atoms with van der Waals surface area (Å²) in [5.74, 6) is -0.0992. The molecule has 2 amide bonds. The first-order valence-electron chi connectivity index (χ1n) is 11.2. The first-order chi connectivity index (χ1) is 16.0. The molecule has 0 aromatic heterocycles. The quantitative estimate of drug-likeness (QED) is 0.523. The summed E-state index contributed by atoms with van der Waals surface area (Å²) >= 11 is 0. The van der Waals surface area contributed by atoms with Crippen molar-refractivity contribution in [2.75, 3.05) is 24.2 Å². The third kappa shape index (κ3) is 7.48. The minimum absolute atomic E-state index is 0.0482. The van der Waals surface area contributed by atoms with Gasteiger partial charge in [-0.15, -0.1) is 0 Å². The van der Waals surface area contributed by atoms with Crippen molar-refractivity contribution >= 4 is 27.5 Å². The number of nitrogens with one attached hydrogen (secondary N) is 1. The van der Waals surface area contributed by atoms with Crippen LogP contribution in [0.15, 0.2) is 48.5 Å². The molecule has 34 heavy (non-hydrogen) atoms. The van der Waals surface area contributed by atoms with E-state index in [1.54, 1.807) is 50.4 Å². The number of hydrogen-bond donors (Lipinski definition) is 1. The number of benzene rings is 2. The molecule has 1 N–H and O–H groups in total. The molecule has 2 aromatic carbocycles. The zero-order valence-electron chi connectivity index (χ0n) is 20.7. The van der Waals surface area contributed by atoms with Crippen molar-refractivity contribution in [2.24, 2.45) is 0 Å². The van der Waals surface area contributed by atoms with Gasteiger partial charge >= 0.3 is 0 Å². The van der Waals surface area contributed by atoms with Crippen molar-refractivity contribution in [2.45, 2.75) is 52.7 Å². The standard InChI is InChI=1S/C25H35N3O5S/c1-7-19(3)26-25(30)20(4)27(16-21-10-14-23(33-5)15-11-21)24(29)17-28(34(6,31)32)22-12-8-18(2)9-13-22/h8-15,19-20H,7,16-17H2,1-6H3,(H,26,30)/t19-,20-/m1/s1. The molecule has 2 aromatic rings. The molecule has 2 atom stereocenters. The van der Waals surface area contributed by atoms with Crippen LogP contribution in [-0.2, 0) is 26.2 Å². The van der Waals surface area contributed by atoms with Crippen molar-refractivity contribution < 1.29 is 22.7 Å². The molecule has 186 valence electrons. The van der Waals surface area contributed by atoms with E-state index in [0.717, 1.165) is 28.1 Å². The predicted molar refractivity (Wildman–Crippen MR) is 134 cm³/mol. The molecule has 0 saturated carbocycles. The normalized spacial score (nSPS) is 13.0. The molecule has 0 aliphatic heterocycles. The Morgan fingerprint density at radius 3 is 2.12 bits per heavy atom. The van der Waals surface area contributed by atoms with Crippen LogP contribution >= 0.6 is 0 Å². The van der Waals surface area contributed by atoms with E-state index in [4.69, 9.17) is 4.74 Å². The van der Waals surface area contributed by atoms with Gasteiger partial charge in [0.2, 0.25) is 21.8 Å². The fourth-order valence-corrected chi connectivity index (χ4v) is 4.15. The van der Waals surface area contributed by atoms with Crippen molar-refractivity contribution in [3.8, 4) is 5.75 Å². The molecule has 0 aliphatic carbocycles. The van der Waals surface area contributed by atoms with Gasteiger partial charge in [-0.2, -0.15) is 0 Å². The number of sulfonamides is 1. The summed E-state index contributed by atoms with van der Waals surface area (Å²) in [6.45, 7) is 7.12. The van der Waals surface area contributed by atoms with Crippen LogP contribution in [0.2, 0.25) is 0 Å². The minimum atomic E-state index is -3.74. The largest absolute Gasteiger partial charge is 0.497 e. The van der Waals surface area contributed by atoms with Gasteiger partial charge in [-0.05, 0) is 57.0 Å². The van der Waals surface area contributed by atoms with Crippen molar-refractivity contribution in [1.29, 1.82) is 0 Å². The third-order valence-corrected chi connectivity index (χ3v) is 6.82. The van der Waals surface area contributed by atoms with Gasteiger partial charge in [0, 0.05) is 12.6 Å². The van der Waals surface area contributed by atoms with E-state index in [9.17, 15) is 18.0 Å². The van der Waals surface area contributed by atoms with E-state index in [0.29, 0.717) is 11.4 Å². The highest BCUT2D eigenvalue weighted by Gasteiger charge is 2.30. The molecule has 0 fully saturated rings. The number of carbonyl (C=O) groups is 2. The van der Waals surface area contributed by atoms with Crippen LogP contribution in [0.25, 0.3) is 0 Å². The molecule has 0 heterocycles. The van der Waals surface area contributed by atoms with Crippen LogP contribution in [0, 0.1) is 6.92 Å². The van der Waals surface area contributed by atoms with Crippen LogP contribution in [0.3, 0.4) is 0 Å². The Bertz CT molecular complexity index is 1070. The van der Waals surface area contributed by atoms with Gasteiger partial charge in [0.05, 0.1) is 19.1 Å². The number of rotatable bonds is 11. The summed E-state index contributed by atoms with van der Waals surface area (Å²) in [5, 5.41) is 2.91. The van der Waals surface area contributed by atoms with Gasteiger partial charge in [-0.25, -0.2) is 8.42 Å². The number of methoxy groups -OCH3 is 1. The van der Waals surface area contributed by atoms with E-state index in [2.05, 4.69) is 5.32 Å². The lowest BCUT2D eigenvalue weighted by atomic mass is 10.1. The average molecular weight is 490 g/mol. The number of amides is 2. The number of aryl methyl sites for hydroxylation is 1. The van der Waals surface area contributed by atoms with Crippen LogP contribution in [0.1, 0.15) is 38.3 Å².